The molecule has 0 saturated carbocycles. The zero-order valence-corrected chi connectivity index (χ0v) is 38.9. The Bertz CT molecular complexity index is 2850. The van der Waals surface area contributed by atoms with Crippen LogP contribution in [-0.2, 0) is 0 Å². The number of aromatic nitrogens is 4. The van der Waals surface area contributed by atoms with Crippen LogP contribution >= 0.6 is 0 Å². The van der Waals surface area contributed by atoms with Crippen LogP contribution in [0.15, 0.2) is 121 Å². The van der Waals surface area contributed by atoms with Crippen molar-refractivity contribution in [3.05, 3.63) is 144 Å². The minimum absolute atomic E-state index is 0.184. The Hall–Kier alpha value is -7.64. The first-order chi connectivity index (χ1) is 35.2. The molecule has 370 valence electrons. The fourth-order valence-electron chi connectivity index (χ4n) is 8.49. The number of fused-ring (bicyclic) bond motifs is 8. The number of hydrogen-bond donors (Lipinski definition) is 10. The van der Waals surface area contributed by atoms with Gasteiger partial charge in [0, 0.05) is 66.6 Å². The third-order valence-corrected chi connectivity index (χ3v) is 11.9. The maximum atomic E-state index is 10.4. The van der Waals surface area contributed by atoms with Crippen LogP contribution in [0.25, 0.3) is 90.9 Å². The van der Waals surface area contributed by atoms with Crippen LogP contribution < -0.4 is 18.9 Å². The molecule has 0 saturated heterocycles. The zero-order valence-electron chi connectivity index (χ0n) is 38.9. The number of aliphatic hydroxyl groups excluding tert-OH is 8. The summed E-state index contributed by atoms with van der Waals surface area (Å²) in [6.45, 7) is -2.72. The summed E-state index contributed by atoms with van der Waals surface area (Å²) in [4.78, 5) is 18.1. The highest BCUT2D eigenvalue weighted by atomic mass is 16.5. The summed E-state index contributed by atoms with van der Waals surface area (Å²) in [7, 11) is 0. The average Bonchev–Trinajstić information content (AvgIpc) is 4.28. The Morgan fingerprint density at radius 2 is 0.556 bits per heavy atom. The molecule has 2 aliphatic rings. The van der Waals surface area contributed by atoms with Gasteiger partial charge >= 0.3 is 0 Å². The fraction of sp³-hybridized carbons (Fsp3) is 0.214. The molecule has 5 heterocycles. The Morgan fingerprint density at radius 3 is 0.778 bits per heavy atom. The highest BCUT2D eigenvalue weighted by molar-refractivity contribution is 6.01. The Morgan fingerprint density at radius 1 is 0.333 bits per heavy atom. The van der Waals surface area contributed by atoms with E-state index < -0.39 is 50.8 Å². The predicted molar refractivity (Wildman–Crippen MR) is 275 cm³/mol. The molecule has 16 heteroatoms. The normalized spacial score (nSPS) is 13.7. The van der Waals surface area contributed by atoms with Crippen LogP contribution in [-0.4, -0.2) is 138 Å². The van der Waals surface area contributed by atoms with Gasteiger partial charge in [-0.15, -0.1) is 0 Å². The number of nitrogens with zero attached hydrogens (tertiary/aromatic N) is 2. The van der Waals surface area contributed by atoms with E-state index in [-0.39, 0.29) is 26.4 Å². The monoisotopic (exact) mass is 974 g/mol. The third-order valence-electron chi connectivity index (χ3n) is 11.9. The summed E-state index contributed by atoms with van der Waals surface area (Å²) in [5, 5.41) is 80.3. The highest BCUT2D eigenvalue weighted by Crippen LogP contribution is 2.44. The summed E-state index contributed by atoms with van der Waals surface area (Å²) in [5.41, 5.74) is 9.58. The van der Waals surface area contributed by atoms with Crippen molar-refractivity contribution in [1.29, 1.82) is 0 Å². The first-order valence-electron chi connectivity index (χ1n) is 23.4. The van der Waals surface area contributed by atoms with Crippen molar-refractivity contribution in [3.8, 4) is 67.5 Å². The molecule has 0 amide bonds. The van der Waals surface area contributed by atoms with Crippen LogP contribution in [0.4, 0.5) is 0 Å². The molecule has 0 spiro atoms. The van der Waals surface area contributed by atoms with Gasteiger partial charge in [-0.25, -0.2) is 9.97 Å². The standard InChI is InChI=1S/C56H54N4O12/c61-25-33(65)29-69-49-13-5-1-9-37(49)53-41-17-19-43(57-41)54(38-10-2-6-14-50(38)70-30-34(66)26-62)45-21-23-47(59-45)56(40-12-4-8-16-52(40)72-32-36(68)28-64)48-24-22-46(60-48)55(44-20-18-42(53)58-44)39-11-3-7-15-51(39)71-31-35(67)27-63/h1-24,33-36,57,60-68H,25-32H2. The summed E-state index contributed by atoms with van der Waals surface area (Å²) in [6, 6.07) is 37.0. The van der Waals surface area contributed by atoms with Crippen molar-refractivity contribution < 1.29 is 59.8 Å². The molecule has 2 aliphatic heterocycles. The van der Waals surface area contributed by atoms with Gasteiger partial charge in [0.2, 0.25) is 0 Å². The SMILES string of the molecule is OCC(O)COc1ccccc1-c1c2nc(c(-c3ccccc3OCC(O)CO)c3ccc([nH]3)c(-c3ccccc3OCC(O)CO)c3nc(c(-c4ccccc4OCC(O)CO)c4ccc1[nH]4)C=C3)C=C2. The number of ether oxygens (including phenoxy) is 4. The van der Waals surface area contributed by atoms with Crippen molar-refractivity contribution >= 4 is 46.4 Å². The van der Waals surface area contributed by atoms with Gasteiger partial charge in [-0.05, 0) is 72.8 Å². The van der Waals surface area contributed by atoms with E-state index in [2.05, 4.69) is 9.97 Å². The topological polar surface area (TPSA) is 256 Å². The molecule has 0 aliphatic carbocycles. The lowest BCUT2D eigenvalue weighted by molar-refractivity contribution is 0.0538. The minimum atomic E-state index is -1.14. The second-order valence-electron chi connectivity index (χ2n) is 17.1. The predicted octanol–water partition coefficient (Wildman–Crippen LogP) is 6.25. The quantitative estimate of drug-likeness (QED) is 0.0405. The van der Waals surface area contributed by atoms with Crippen LogP contribution in [0.3, 0.4) is 0 Å². The first kappa shape index (κ1) is 49.3. The molecule has 3 aromatic heterocycles. The summed E-state index contributed by atoms with van der Waals surface area (Å²) in [5.74, 6) is 1.67. The van der Waals surface area contributed by atoms with Gasteiger partial charge in [0.05, 0.1) is 49.2 Å². The number of nitrogens with one attached hydrogen (secondary N) is 2. The lowest BCUT2D eigenvalue weighted by Crippen LogP contribution is -2.21. The van der Waals surface area contributed by atoms with E-state index in [0.29, 0.717) is 112 Å². The molecule has 4 atom stereocenters. The van der Waals surface area contributed by atoms with Crippen molar-refractivity contribution in [3.63, 3.8) is 0 Å². The van der Waals surface area contributed by atoms with Crippen LogP contribution in [0.2, 0.25) is 0 Å². The van der Waals surface area contributed by atoms with Crippen molar-refractivity contribution in [1.82, 2.24) is 19.9 Å². The maximum absolute atomic E-state index is 10.4. The first-order valence-corrected chi connectivity index (χ1v) is 23.4. The average molecular weight is 975 g/mol. The fourth-order valence-corrected chi connectivity index (χ4v) is 8.49. The van der Waals surface area contributed by atoms with Crippen LogP contribution in [0.1, 0.15) is 22.8 Å². The highest BCUT2D eigenvalue weighted by Gasteiger charge is 2.24. The summed E-state index contributed by atoms with van der Waals surface area (Å²) >= 11 is 0. The Labute approximate surface area is 413 Å². The van der Waals surface area contributed by atoms with Gasteiger partial charge in [0.15, 0.2) is 0 Å². The van der Waals surface area contributed by atoms with Crippen LogP contribution in [0, 0.1) is 0 Å². The molecular weight excluding hydrogens is 921 g/mol. The number of aromatic amines is 2. The molecule has 7 aromatic rings. The van der Waals surface area contributed by atoms with Crippen molar-refractivity contribution in [2.75, 3.05) is 52.9 Å². The summed E-state index contributed by atoms with van der Waals surface area (Å²) in [6.07, 6.45) is 3.02. The molecule has 0 radical (unpaired) electrons. The molecule has 4 aromatic carbocycles. The Balaban J connectivity index is 1.42. The van der Waals surface area contributed by atoms with E-state index in [1.807, 2.05) is 121 Å². The number of aliphatic hydroxyl groups is 8. The summed E-state index contributed by atoms with van der Waals surface area (Å²) < 4.78 is 24.7. The minimum Gasteiger partial charge on any atom is -0.490 e. The van der Waals surface area contributed by atoms with E-state index >= 15 is 0 Å². The van der Waals surface area contributed by atoms with Gasteiger partial charge in [-0.3, -0.25) is 0 Å². The molecule has 10 N–H and O–H groups in total. The number of benzene rings is 4. The van der Waals surface area contributed by atoms with E-state index in [9.17, 15) is 40.9 Å². The smallest absolute Gasteiger partial charge is 0.127 e. The van der Waals surface area contributed by atoms with Crippen molar-refractivity contribution in [2.24, 2.45) is 0 Å². The van der Waals surface area contributed by atoms with E-state index in [4.69, 9.17) is 28.9 Å². The lowest BCUT2D eigenvalue weighted by Gasteiger charge is -2.15. The van der Waals surface area contributed by atoms with E-state index in [0.717, 1.165) is 0 Å². The van der Waals surface area contributed by atoms with Gasteiger partial charge in [-0.1, -0.05) is 72.8 Å². The Kier molecular flexibility index (Phi) is 15.5. The van der Waals surface area contributed by atoms with Gasteiger partial charge in [-0.2, -0.15) is 0 Å². The maximum Gasteiger partial charge on any atom is 0.127 e. The lowest BCUT2D eigenvalue weighted by atomic mass is 10.0. The molecular formula is C56H54N4O12. The van der Waals surface area contributed by atoms with E-state index in [1.54, 1.807) is 24.3 Å². The number of rotatable bonds is 20. The number of hydrogen-bond acceptors (Lipinski definition) is 14. The zero-order chi connectivity index (χ0) is 50.1. The van der Waals surface area contributed by atoms with Crippen molar-refractivity contribution in [2.45, 2.75) is 24.4 Å². The second-order valence-corrected chi connectivity index (χ2v) is 17.1. The van der Waals surface area contributed by atoms with Gasteiger partial charge in [0.25, 0.3) is 0 Å². The molecule has 9 rings (SSSR count). The third kappa shape index (κ3) is 10.7. The molecule has 16 nitrogen and oxygen atoms in total. The number of H-pyrrole nitrogens is 2. The molecule has 72 heavy (non-hydrogen) atoms. The second kappa shape index (κ2) is 22.6. The molecule has 8 bridgehead atoms. The van der Waals surface area contributed by atoms with Gasteiger partial charge in [0.1, 0.15) is 73.8 Å². The molecule has 0 fully saturated rings. The van der Waals surface area contributed by atoms with Gasteiger partial charge < -0.3 is 69.8 Å². The largest absolute Gasteiger partial charge is 0.490 e. The van der Waals surface area contributed by atoms with E-state index in [1.165, 1.54) is 0 Å². The molecule has 4 unspecified atom stereocenters. The van der Waals surface area contributed by atoms with Crippen LogP contribution in [0.5, 0.6) is 23.0 Å². The number of para-hydroxylation sites is 4.